The number of alkyl halides is 2. The lowest BCUT2D eigenvalue weighted by atomic mass is 10.0. The summed E-state index contributed by atoms with van der Waals surface area (Å²) >= 11 is 0. The van der Waals surface area contributed by atoms with Crippen LogP contribution < -0.4 is 10.2 Å². The number of fused-ring (bicyclic) bond motifs is 1. The van der Waals surface area contributed by atoms with E-state index in [0.29, 0.717) is 16.9 Å². The van der Waals surface area contributed by atoms with Crippen LogP contribution in [0.5, 0.6) is 0 Å². The average Bonchev–Trinajstić information content (AvgIpc) is 3.52. The van der Waals surface area contributed by atoms with Gasteiger partial charge in [-0.2, -0.15) is 5.10 Å². The van der Waals surface area contributed by atoms with Gasteiger partial charge in [0.25, 0.3) is 11.8 Å². The molecule has 0 aliphatic carbocycles. The minimum absolute atomic E-state index is 0.180. The van der Waals surface area contributed by atoms with Crippen molar-refractivity contribution in [3.63, 3.8) is 0 Å². The van der Waals surface area contributed by atoms with Gasteiger partial charge in [-0.05, 0) is 67.4 Å². The van der Waals surface area contributed by atoms with Crippen LogP contribution in [0.4, 0.5) is 20.3 Å². The molecule has 0 atom stereocenters. The zero-order valence-electron chi connectivity index (χ0n) is 21.0. The quantitative estimate of drug-likeness (QED) is 0.370. The van der Waals surface area contributed by atoms with Crippen molar-refractivity contribution in [2.75, 3.05) is 36.4 Å². The van der Waals surface area contributed by atoms with E-state index in [1.165, 1.54) is 31.0 Å². The summed E-state index contributed by atoms with van der Waals surface area (Å²) in [5.41, 5.74) is 4.59. The predicted molar refractivity (Wildman–Crippen MR) is 142 cm³/mol. The van der Waals surface area contributed by atoms with Gasteiger partial charge in [0.05, 0.1) is 23.9 Å². The molecule has 196 valence electrons. The number of piperidine rings is 1. The molecule has 0 saturated carbocycles. The maximum Gasteiger partial charge on any atom is 0.276 e. The number of hydrogen-bond donors (Lipinski definition) is 2. The highest BCUT2D eigenvalue weighted by Gasteiger charge is 2.38. The third-order valence-corrected chi connectivity index (χ3v) is 7.26. The SMILES string of the molecule is O=C(Nc1ccc(N2CCC(F)(F)C2)nc1)c1n[nH]c2ccc(-c3cncc(CN4CCCCC4)c3)cc12. The molecule has 6 rings (SSSR count). The van der Waals surface area contributed by atoms with Crippen LogP contribution in [-0.4, -0.2) is 63.1 Å². The normalized spacial score (nSPS) is 17.7. The highest BCUT2D eigenvalue weighted by Crippen LogP contribution is 2.30. The van der Waals surface area contributed by atoms with Gasteiger partial charge in [-0.3, -0.25) is 19.8 Å². The topological polar surface area (TPSA) is 90.0 Å². The van der Waals surface area contributed by atoms with Crippen molar-refractivity contribution < 1.29 is 13.6 Å². The van der Waals surface area contributed by atoms with E-state index in [1.807, 2.05) is 30.6 Å². The van der Waals surface area contributed by atoms with Gasteiger partial charge in [0, 0.05) is 42.9 Å². The van der Waals surface area contributed by atoms with Gasteiger partial charge in [-0.25, -0.2) is 13.8 Å². The van der Waals surface area contributed by atoms with Crippen LogP contribution >= 0.6 is 0 Å². The second kappa shape index (κ2) is 10.1. The molecule has 0 spiro atoms. The maximum atomic E-state index is 13.5. The number of amides is 1. The van der Waals surface area contributed by atoms with Crippen molar-refractivity contribution in [3.8, 4) is 11.1 Å². The number of anilines is 2. The van der Waals surface area contributed by atoms with Crippen LogP contribution in [0.15, 0.2) is 55.0 Å². The number of halogens is 2. The number of hydrogen-bond acceptors (Lipinski definition) is 6. The van der Waals surface area contributed by atoms with Gasteiger partial charge in [-0.15, -0.1) is 0 Å². The number of rotatable bonds is 6. The summed E-state index contributed by atoms with van der Waals surface area (Å²) in [5, 5.41) is 10.7. The molecule has 2 N–H and O–H groups in total. The Labute approximate surface area is 219 Å². The Kier molecular flexibility index (Phi) is 6.49. The number of aromatic amines is 1. The number of nitrogens with zero attached hydrogens (tertiary/aromatic N) is 5. The molecule has 0 unspecified atom stereocenters. The largest absolute Gasteiger partial charge is 0.350 e. The van der Waals surface area contributed by atoms with Crippen molar-refractivity contribution in [1.82, 2.24) is 25.1 Å². The molecule has 8 nitrogen and oxygen atoms in total. The molecule has 1 amide bonds. The molecule has 1 aromatic carbocycles. The number of nitrogens with one attached hydrogen (secondary N) is 2. The Balaban J connectivity index is 1.18. The van der Waals surface area contributed by atoms with Crippen molar-refractivity contribution in [3.05, 3.63) is 66.2 Å². The summed E-state index contributed by atoms with van der Waals surface area (Å²) < 4.78 is 27.1. The van der Waals surface area contributed by atoms with Gasteiger partial charge in [0.2, 0.25) is 0 Å². The smallest absolute Gasteiger partial charge is 0.276 e. The molecule has 2 aliphatic rings. The summed E-state index contributed by atoms with van der Waals surface area (Å²) in [5.74, 6) is -2.61. The minimum Gasteiger partial charge on any atom is -0.350 e. The number of H-pyrrole nitrogens is 1. The van der Waals surface area contributed by atoms with Crippen LogP contribution in [-0.2, 0) is 6.54 Å². The van der Waals surface area contributed by atoms with Crippen LogP contribution in [0.25, 0.3) is 22.0 Å². The van der Waals surface area contributed by atoms with Crippen LogP contribution in [0.1, 0.15) is 41.7 Å². The summed E-state index contributed by atoms with van der Waals surface area (Å²) in [7, 11) is 0. The highest BCUT2D eigenvalue weighted by molar-refractivity contribution is 6.11. The molecule has 4 aromatic rings. The van der Waals surface area contributed by atoms with E-state index in [9.17, 15) is 13.6 Å². The van der Waals surface area contributed by atoms with Crippen LogP contribution in [0.2, 0.25) is 0 Å². The molecular formula is C28H29F2N7O. The van der Waals surface area contributed by atoms with E-state index in [4.69, 9.17) is 0 Å². The number of aromatic nitrogens is 4. The fourth-order valence-electron chi connectivity index (χ4n) is 5.24. The lowest BCUT2D eigenvalue weighted by Gasteiger charge is -2.26. The lowest BCUT2D eigenvalue weighted by molar-refractivity contribution is 0.0256. The molecule has 5 heterocycles. The van der Waals surface area contributed by atoms with Crippen LogP contribution in [0.3, 0.4) is 0 Å². The van der Waals surface area contributed by atoms with E-state index < -0.39 is 5.92 Å². The van der Waals surface area contributed by atoms with Crippen LogP contribution in [0, 0.1) is 0 Å². The molecule has 3 aromatic heterocycles. The monoisotopic (exact) mass is 517 g/mol. The lowest BCUT2D eigenvalue weighted by Crippen LogP contribution is -2.29. The molecule has 38 heavy (non-hydrogen) atoms. The zero-order chi connectivity index (χ0) is 26.1. The van der Waals surface area contributed by atoms with Gasteiger partial charge in [0.15, 0.2) is 5.69 Å². The number of carbonyl (C=O) groups is 1. The van der Waals surface area contributed by atoms with E-state index in [-0.39, 0.29) is 31.1 Å². The van der Waals surface area contributed by atoms with E-state index in [1.54, 1.807) is 17.0 Å². The van der Waals surface area contributed by atoms with Crippen molar-refractivity contribution in [1.29, 1.82) is 0 Å². The van der Waals surface area contributed by atoms with E-state index in [2.05, 4.69) is 36.4 Å². The molecule has 10 heteroatoms. The second-order valence-corrected chi connectivity index (χ2v) is 10.1. The summed E-state index contributed by atoms with van der Waals surface area (Å²) in [6.45, 7) is 3.04. The number of carbonyl (C=O) groups excluding carboxylic acids is 1. The minimum atomic E-state index is -2.70. The maximum absolute atomic E-state index is 13.5. The van der Waals surface area contributed by atoms with Gasteiger partial charge < -0.3 is 10.2 Å². The molecule has 2 saturated heterocycles. The van der Waals surface area contributed by atoms with Gasteiger partial charge in [-0.1, -0.05) is 12.5 Å². The Morgan fingerprint density at radius 3 is 2.63 bits per heavy atom. The summed E-state index contributed by atoms with van der Waals surface area (Å²) in [6, 6.07) is 11.3. The standard InChI is InChI=1S/C28H29F2N7O/c29-28(30)8-11-37(18-28)25-7-5-22(16-32-25)33-27(38)26-23-13-20(4-6-24(23)34-35-26)21-12-19(14-31-15-21)17-36-9-2-1-3-10-36/h4-7,12-16H,1-3,8-11,17-18H2,(H,33,38)(H,34,35). The number of pyridine rings is 2. The first-order valence-corrected chi connectivity index (χ1v) is 13.0. The average molecular weight is 518 g/mol. The number of benzene rings is 1. The van der Waals surface area contributed by atoms with Crippen molar-refractivity contribution in [2.24, 2.45) is 0 Å². The highest BCUT2D eigenvalue weighted by atomic mass is 19.3. The van der Waals surface area contributed by atoms with Crippen molar-refractivity contribution in [2.45, 2.75) is 38.2 Å². The molecule has 2 aliphatic heterocycles. The predicted octanol–water partition coefficient (Wildman–Crippen LogP) is 5.10. The summed E-state index contributed by atoms with van der Waals surface area (Å²) in [6.07, 6.45) is 8.84. The van der Waals surface area contributed by atoms with Gasteiger partial charge in [0.1, 0.15) is 5.82 Å². The Bertz CT molecular complexity index is 1450. The molecule has 2 fully saturated rings. The zero-order valence-corrected chi connectivity index (χ0v) is 21.0. The van der Waals surface area contributed by atoms with E-state index in [0.717, 1.165) is 36.3 Å². The third-order valence-electron chi connectivity index (χ3n) is 7.26. The molecule has 0 radical (unpaired) electrons. The first-order valence-electron chi connectivity index (χ1n) is 13.0. The third kappa shape index (κ3) is 5.22. The Morgan fingerprint density at radius 2 is 1.87 bits per heavy atom. The Hall–Kier alpha value is -3.92. The first-order chi connectivity index (χ1) is 18.4. The first kappa shape index (κ1) is 24.4. The summed E-state index contributed by atoms with van der Waals surface area (Å²) in [4.78, 5) is 25.8. The Morgan fingerprint density at radius 1 is 1.00 bits per heavy atom. The van der Waals surface area contributed by atoms with Gasteiger partial charge >= 0.3 is 0 Å². The second-order valence-electron chi connectivity index (χ2n) is 10.1. The fourth-order valence-corrected chi connectivity index (χ4v) is 5.24. The fraction of sp³-hybridized carbons (Fsp3) is 0.357. The number of likely N-dealkylation sites (tertiary alicyclic amines) is 1. The van der Waals surface area contributed by atoms with Crippen molar-refractivity contribution >= 4 is 28.3 Å². The molecular weight excluding hydrogens is 488 g/mol. The molecule has 0 bridgehead atoms. The van der Waals surface area contributed by atoms with E-state index >= 15 is 0 Å².